The molecule has 0 bridgehead atoms. The molecule has 0 N–H and O–H groups in total. The van der Waals surface area contributed by atoms with E-state index in [0.717, 1.165) is 0 Å². The van der Waals surface area contributed by atoms with Gasteiger partial charge in [0.25, 0.3) is 0 Å². The molecular formula is C14H16S. The number of fused-ring (bicyclic) bond motifs is 1. The van der Waals surface area contributed by atoms with Crippen LogP contribution in [0.3, 0.4) is 0 Å². The van der Waals surface area contributed by atoms with Crippen LogP contribution in [0.2, 0.25) is 0 Å². The van der Waals surface area contributed by atoms with Crippen molar-refractivity contribution in [3.63, 3.8) is 0 Å². The lowest BCUT2D eigenvalue weighted by atomic mass is 9.93. The van der Waals surface area contributed by atoms with Crippen molar-refractivity contribution in [2.45, 2.75) is 37.0 Å². The Morgan fingerprint density at radius 1 is 1.07 bits per heavy atom. The summed E-state index contributed by atoms with van der Waals surface area (Å²) in [5.74, 6) is 4.39. The van der Waals surface area contributed by atoms with Gasteiger partial charge in [-0.2, -0.15) is 0 Å². The minimum absolute atomic E-state index is 0.148. The number of benzene rings is 1. The van der Waals surface area contributed by atoms with Gasteiger partial charge in [-0.25, -0.2) is 0 Å². The summed E-state index contributed by atoms with van der Waals surface area (Å²) in [7, 11) is 0.148. The van der Waals surface area contributed by atoms with Gasteiger partial charge in [0.1, 0.15) is 0 Å². The average molecular weight is 216 g/mol. The van der Waals surface area contributed by atoms with E-state index >= 15 is 0 Å². The molecule has 1 unspecified atom stereocenters. The summed E-state index contributed by atoms with van der Waals surface area (Å²) in [4.78, 5) is 3.18. The van der Waals surface area contributed by atoms with Gasteiger partial charge in [-0.05, 0) is 48.6 Å². The quantitative estimate of drug-likeness (QED) is 0.572. The van der Waals surface area contributed by atoms with E-state index in [1.165, 1.54) is 42.6 Å². The minimum Gasteiger partial charge on any atom is -0.135 e. The van der Waals surface area contributed by atoms with Crippen molar-refractivity contribution in [1.29, 1.82) is 0 Å². The first-order valence-corrected chi connectivity index (χ1v) is 7.08. The van der Waals surface area contributed by atoms with Gasteiger partial charge in [0.2, 0.25) is 0 Å². The van der Waals surface area contributed by atoms with Crippen LogP contribution < -0.4 is 0 Å². The first-order valence-electron chi connectivity index (χ1n) is 5.69. The highest BCUT2D eigenvalue weighted by Crippen LogP contribution is 2.47. The largest absolute Gasteiger partial charge is 0.135 e. The third-order valence-corrected chi connectivity index (χ3v) is 5.48. The summed E-state index contributed by atoms with van der Waals surface area (Å²) in [6.07, 6.45) is 6.59. The molecule has 0 spiro atoms. The maximum atomic E-state index is 4.39. The summed E-state index contributed by atoms with van der Waals surface area (Å²) in [6.45, 7) is 0. The SMILES string of the molecule is C=S1C2=C(CCCC2)Cc2ccccc21. The van der Waals surface area contributed by atoms with Crippen LogP contribution in [0.5, 0.6) is 0 Å². The molecule has 2 aliphatic rings. The molecule has 1 heteroatoms. The molecule has 15 heavy (non-hydrogen) atoms. The van der Waals surface area contributed by atoms with Gasteiger partial charge in [-0.15, -0.1) is 10.5 Å². The zero-order valence-corrected chi connectivity index (χ0v) is 9.78. The van der Waals surface area contributed by atoms with E-state index in [9.17, 15) is 0 Å². The Balaban J connectivity index is 2.11. The monoisotopic (exact) mass is 216 g/mol. The molecule has 1 aliphatic heterocycles. The zero-order chi connectivity index (χ0) is 10.3. The highest BCUT2D eigenvalue weighted by atomic mass is 32.2. The Labute approximate surface area is 93.9 Å². The van der Waals surface area contributed by atoms with E-state index in [4.69, 9.17) is 0 Å². The second kappa shape index (κ2) is 3.64. The van der Waals surface area contributed by atoms with Gasteiger partial charge in [-0.3, -0.25) is 0 Å². The normalized spacial score (nSPS) is 24.7. The molecule has 3 rings (SSSR count). The number of allylic oxidation sites excluding steroid dienone is 2. The minimum atomic E-state index is 0.148. The van der Waals surface area contributed by atoms with Crippen molar-refractivity contribution in [3.8, 4) is 0 Å². The third-order valence-electron chi connectivity index (χ3n) is 3.47. The van der Waals surface area contributed by atoms with E-state index in [0.29, 0.717) is 0 Å². The fourth-order valence-corrected chi connectivity index (χ4v) is 4.56. The fourth-order valence-electron chi connectivity index (χ4n) is 2.68. The van der Waals surface area contributed by atoms with Crippen LogP contribution in [0.1, 0.15) is 31.2 Å². The van der Waals surface area contributed by atoms with E-state index in [1.807, 2.05) is 0 Å². The molecular weight excluding hydrogens is 200 g/mol. The van der Waals surface area contributed by atoms with Crippen LogP contribution in [0.4, 0.5) is 0 Å². The van der Waals surface area contributed by atoms with Crippen molar-refractivity contribution in [1.82, 2.24) is 0 Å². The van der Waals surface area contributed by atoms with E-state index in [1.54, 1.807) is 10.5 Å². The van der Waals surface area contributed by atoms with Crippen LogP contribution >= 0.6 is 10.5 Å². The van der Waals surface area contributed by atoms with Gasteiger partial charge < -0.3 is 0 Å². The number of hydrogen-bond donors (Lipinski definition) is 0. The van der Waals surface area contributed by atoms with E-state index in [2.05, 4.69) is 30.1 Å². The highest BCUT2D eigenvalue weighted by Gasteiger charge is 2.22. The van der Waals surface area contributed by atoms with Crippen LogP contribution in [0.25, 0.3) is 0 Å². The summed E-state index contributed by atoms with van der Waals surface area (Å²) < 4.78 is 0. The Morgan fingerprint density at radius 2 is 1.87 bits per heavy atom. The van der Waals surface area contributed by atoms with Crippen molar-refractivity contribution in [2.75, 3.05) is 0 Å². The van der Waals surface area contributed by atoms with E-state index in [-0.39, 0.29) is 10.5 Å². The van der Waals surface area contributed by atoms with Crippen molar-refractivity contribution in [3.05, 3.63) is 40.3 Å². The van der Waals surface area contributed by atoms with Gasteiger partial charge in [0, 0.05) is 4.90 Å². The molecule has 0 radical (unpaired) electrons. The summed E-state index contributed by atoms with van der Waals surface area (Å²) in [5, 5.41) is 0. The number of hydrogen-bond acceptors (Lipinski definition) is 0. The third kappa shape index (κ3) is 1.50. The fraction of sp³-hybridized carbons (Fsp3) is 0.357. The highest BCUT2D eigenvalue weighted by molar-refractivity contribution is 8.17. The first-order chi connectivity index (χ1) is 7.36. The van der Waals surface area contributed by atoms with Gasteiger partial charge >= 0.3 is 0 Å². The predicted octanol–water partition coefficient (Wildman–Crippen LogP) is 4.13. The summed E-state index contributed by atoms with van der Waals surface area (Å²) in [5.41, 5.74) is 3.23. The van der Waals surface area contributed by atoms with Crippen LogP contribution in [-0.4, -0.2) is 5.87 Å². The Hall–Kier alpha value is -0.820. The van der Waals surface area contributed by atoms with Crippen molar-refractivity contribution in [2.24, 2.45) is 0 Å². The maximum absolute atomic E-state index is 4.39. The lowest BCUT2D eigenvalue weighted by Crippen LogP contribution is -2.07. The maximum Gasteiger partial charge on any atom is 0.00885 e. The molecule has 0 amide bonds. The molecule has 78 valence electrons. The average Bonchev–Trinajstić information content (AvgIpc) is 2.30. The lowest BCUT2D eigenvalue weighted by molar-refractivity contribution is 0.676. The lowest BCUT2D eigenvalue weighted by Gasteiger charge is -2.29. The van der Waals surface area contributed by atoms with E-state index < -0.39 is 0 Å². The first kappa shape index (κ1) is 9.41. The molecule has 1 aromatic carbocycles. The van der Waals surface area contributed by atoms with Crippen LogP contribution in [0.15, 0.2) is 39.6 Å². The van der Waals surface area contributed by atoms with Gasteiger partial charge in [0.15, 0.2) is 0 Å². The smallest absolute Gasteiger partial charge is 0.00885 e. The number of rotatable bonds is 0. The predicted molar refractivity (Wildman–Crippen MR) is 68.6 cm³/mol. The molecule has 0 saturated carbocycles. The topological polar surface area (TPSA) is 0 Å². The molecule has 0 aromatic heterocycles. The molecule has 0 saturated heterocycles. The molecule has 1 aliphatic carbocycles. The van der Waals surface area contributed by atoms with Gasteiger partial charge in [-0.1, -0.05) is 29.6 Å². The second-order valence-corrected chi connectivity index (χ2v) is 6.12. The van der Waals surface area contributed by atoms with Crippen molar-refractivity contribution >= 4 is 16.4 Å². The molecule has 1 aromatic rings. The Bertz CT molecular complexity index is 454. The molecule has 1 atom stereocenters. The van der Waals surface area contributed by atoms with Crippen LogP contribution in [0, 0.1) is 0 Å². The molecule has 0 fully saturated rings. The van der Waals surface area contributed by atoms with Crippen LogP contribution in [-0.2, 0) is 6.42 Å². The molecule has 1 heterocycles. The Kier molecular flexibility index (Phi) is 2.28. The zero-order valence-electron chi connectivity index (χ0n) is 8.96. The standard InChI is InChI=1S/C14H16S/c1-15-13-8-4-2-6-11(13)10-12-7-3-5-9-14(12)15/h2,4,6,8H,1,3,5,7,9-10H2. The summed E-state index contributed by atoms with van der Waals surface area (Å²) >= 11 is 0. The Morgan fingerprint density at radius 3 is 2.80 bits per heavy atom. The second-order valence-electron chi connectivity index (χ2n) is 4.41. The molecule has 0 nitrogen and oxygen atoms in total. The summed E-state index contributed by atoms with van der Waals surface area (Å²) in [6, 6.07) is 8.85. The van der Waals surface area contributed by atoms with Crippen molar-refractivity contribution < 1.29 is 0 Å². The van der Waals surface area contributed by atoms with Gasteiger partial charge in [0.05, 0.1) is 0 Å².